The zero-order valence-electron chi connectivity index (χ0n) is 25.0. The number of hydrogen-bond acceptors (Lipinski definition) is 9. The van der Waals surface area contributed by atoms with Gasteiger partial charge in [0.05, 0.1) is 42.9 Å². The van der Waals surface area contributed by atoms with Crippen LogP contribution in [0.1, 0.15) is 28.4 Å². The molecule has 222 valence electrons. The lowest BCUT2D eigenvalue weighted by Gasteiger charge is -2.13. The average Bonchev–Trinajstić information content (AvgIpc) is 3.60. The first kappa shape index (κ1) is 29.6. The number of anilines is 1. The van der Waals surface area contributed by atoms with Crippen LogP contribution in [0.25, 0.3) is 32.7 Å². The number of amides is 1. The number of nitrogens with zero attached hydrogens (tertiary/aromatic N) is 3. The maximum Gasteiger partial charge on any atom is 0.264 e. The highest BCUT2D eigenvalue weighted by Gasteiger charge is 2.20. The minimum Gasteiger partial charge on any atom is -0.493 e. The van der Waals surface area contributed by atoms with Crippen molar-refractivity contribution in [2.45, 2.75) is 27.7 Å². The van der Waals surface area contributed by atoms with Crippen molar-refractivity contribution in [3.8, 4) is 45.5 Å². The van der Waals surface area contributed by atoms with Gasteiger partial charge in [-0.1, -0.05) is 23.5 Å². The minimum atomic E-state index is -0.323. The third-order valence-corrected chi connectivity index (χ3v) is 7.99. The maximum atomic E-state index is 12.8. The summed E-state index contributed by atoms with van der Waals surface area (Å²) in [7, 11) is 4.61. The van der Waals surface area contributed by atoms with E-state index in [1.807, 2.05) is 32.0 Å². The normalized spacial score (nSPS) is 11.0. The molecule has 3 aromatic carbocycles. The Morgan fingerprint density at radius 2 is 1.51 bits per heavy atom. The summed E-state index contributed by atoms with van der Waals surface area (Å²) in [5, 5.41) is 7.92. The van der Waals surface area contributed by atoms with E-state index in [2.05, 4.69) is 28.4 Å². The molecule has 0 spiro atoms. The Balaban J connectivity index is 1.39. The highest BCUT2D eigenvalue weighted by molar-refractivity contribution is 7.22. The Morgan fingerprint density at radius 1 is 0.837 bits per heavy atom. The van der Waals surface area contributed by atoms with Crippen molar-refractivity contribution in [2.75, 3.05) is 33.3 Å². The molecule has 0 bridgehead atoms. The molecule has 0 aliphatic carbocycles. The fourth-order valence-corrected chi connectivity index (χ4v) is 5.61. The van der Waals surface area contributed by atoms with Crippen LogP contribution in [-0.2, 0) is 4.79 Å². The number of aryl methyl sites for hydroxylation is 3. The minimum absolute atomic E-state index is 0.207. The number of benzene rings is 3. The Bertz CT molecular complexity index is 1790. The van der Waals surface area contributed by atoms with Crippen molar-refractivity contribution in [1.29, 1.82) is 0 Å². The van der Waals surface area contributed by atoms with E-state index in [1.165, 1.54) is 49.8 Å². The molecular formula is C32H32N4O6S. The van der Waals surface area contributed by atoms with E-state index in [9.17, 15) is 9.59 Å². The van der Waals surface area contributed by atoms with Crippen LogP contribution in [0, 0.1) is 20.8 Å². The topological polar surface area (TPSA) is 114 Å². The van der Waals surface area contributed by atoms with Crippen LogP contribution in [0.3, 0.4) is 0 Å². The summed E-state index contributed by atoms with van der Waals surface area (Å²) in [5.74, 6) is 1.31. The third-order valence-electron chi connectivity index (χ3n) is 7.06. The lowest BCUT2D eigenvalue weighted by Crippen LogP contribution is -2.20. The first-order valence-electron chi connectivity index (χ1n) is 13.4. The van der Waals surface area contributed by atoms with Crippen LogP contribution in [0.2, 0.25) is 0 Å². The van der Waals surface area contributed by atoms with Gasteiger partial charge >= 0.3 is 0 Å². The molecule has 0 aliphatic heterocycles. The maximum absolute atomic E-state index is 12.8. The number of thiazole rings is 1. The molecule has 0 fully saturated rings. The van der Waals surface area contributed by atoms with E-state index < -0.39 is 0 Å². The van der Waals surface area contributed by atoms with E-state index in [4.69, 9.17) is 18.9 Å². The number of aromatic nitrogens is 3. The van der Waals surface area contributed by atoms with Gasteiger partial charge < -0.3 is 18.9 Å². The SMILES string of the molecule is COc1cc(-c2cc(-c3ccc(C)c(OCC(=O)Nc4nc5cc(C)c(C)cc5s4)c3)n(C(C)=O)n2)cc(OC)c1OC. The molecule has 0 aliphatic rings. The number of rotatable bonds is 9. The number of hydrogen-bond donors (Lipinski definition) is 1. The predicted molar refractivity (Wildman–Crippen MR) is 167 cm³/mol. The first-order chi connectivity index (χ1) is 20.6. The molecule has 0 radical (unpaired) electrons. The van der Waals surface area contributed by atoms with E-state index in [1.54, 1.807) is 24.3 Å². The predicted octanol–water partition coefficient (Wildman–Crippen LogP) is 6.46. The fraction of sp³-hybridized carbons (Fsp3) is 0.250. The van der Waals surface area contributed by atoms with Crippen molar-refractivity contribution in [2.24, 2.45) is 0 Å². The number of carbonyl (C=O) groups is 2. The monoisotopic (exact) mass is 600 g/mol. The van der Waals surface area contributed by atoms with Crippen molar-refractivity contribution in [3.05, 3.63) is 65.2 Å². The largest absolute Gasteiger partial charge is 0.493 e. The number of nitrogens with one attached hydrogen (secondary N) is 1. The van der Waals surface area contributed by atoms with E-state index >= 15 is 0 Å². The number of carbonyl (C=O) groups excluding carboxylic acids is 2. The summed E-state index contributed by atoms with van der Waals surface area (Å²) < 4.78 is 24.7. The van der Waals surface area contributed by atoms with Gasteiger partial charge in [0.15, 0.2) is 23.2 Å². The van der Waals surface area contributed by atoms with Gasteiger partial charge in [-0.2, -0.15) is 9.78 Å². The summed E-state index contributed by atoms with van der Waals surface area (Å²) in [5.41, 5.74) is 6.47. The summed E-state index contributed by atoms with van der Waals surface area (Å²) in [6, 6.07) is 15.0. The highest BCUT2D eigenvalue weighted by Crippen LogP contribution is 2.41. The van der Waals surface area contributed by atoms with E-state index in [0.717, 1.165) is 21.3 Å². The number of methoxy groups -OCH3 is 3. The van der Waals surface area contributed by atoms with Gasteiger partial charge in [0.1, 0.15) is 5.75 Å². The van der Waals surface area contributed by atoms with Crippen LogP contribution in [0.15, 0.2) is 48.5 Å². The molecule has 0 atom stereocenters. The summed E-state index contributed by atoms with van der Waals surface area (Å²) >= 11 is 1.42. The molecule has 10 nitrogen and oxygen atoms in total. The second-order valence-electron chi connectivity index (χ2n) is 10.00. The fourth-order valence-electron chi connectivity index (χ4n) is 4.64. The molecule has 5 rings (SSSR count). The third kappa shape index (κ3) is 6.02. The second kappa shape index (κ2) is 12.1. The summed E-state index contributed by atoms with van der Waals surface area (Å²) in [4.78, 5) is 29.9. The van der Waals surface area contributed by atoms with E-state index in [-0.39, 0.29) is 18.4 Å². The average molecular weight is 601 g/mol. The van der Waals surface area contributed by atoms with E-state index in [0.29, 0.717) is 50.6 Å². The van der Waals surface area contributed by atoms with Crippen LogP contribution in [0.5, 0.6) is 23.0 Å². The van der Waals surface area contributed by atoms with Gasteiger partial charge in [0.25, 0.3) is 5.91 Å². The van der Waals surface area contributed by atoms with Gasteiger partial charge in [0.2, 0.25) is 11.7 Å². The van der Waals surface area contributed by atoms with Crippen molar-refractivity contribution >= 4 is 38.5 Å². The standard InChI is InChI=1S/C32H32N4O6S/c1-17-8-9-21(12-26(17)42-16-30(38)34-32-33-24-10-18(2)19(3)11-29(24)43-32)25-15-23(35-36(25)20(4)37)22-13-27(39-5)31(41-7)28(14-22)40-6/h8-15H,16H2,1-7H3,(H,33,34,38). The lowest BCUT2D eigenvalue weighted by molar-refractivity contribution is -0.118. The molecule has 1 amide bonds. The Hall–Kier alpha value is -4.90. The van der Waals surface area contributed by atoms with Crippen LogP contribution in [0.4, 0.5) is 5.13 Å². The molecule has 1 N–H and O–H groups in total. The molecule has 2 heterocycles. The van der Waals surface area contributed by atoms with Gasteiger partial charge in [0, 0.05) is 18.1 Å². The number of ether oxygens (including phenoxy) is 4. The molecule has 11 heteroatoms. The van der Waals surface area contributed by atoms with Gasteiger partial charge in [-0.3, -0.25) is 14.9 Å². The molecule has 2 aromatic heterocycles. The van der Waals surface area contributed by atoms with Crippen molar-refractivity contribution in [1.82, 2.24) is 14.8 Å². The summed E-state index contributed by atoms with van der Waals surface area (Å²) in [6.07, 6.45) is 0. The highest BCUT2D eigenvalue weighted by atomic mass is 32.1. The molecule has 5 aromatic rings. The zero-order valence-corrected chi connectivity index (χ0v) is 25.8. The lowest BCUT2D eigenvalue weighted by atomic mass is 10.1. The molecular weight excluding hydrogens is 568 g/mol. The van der Waals surface area contributed by atoms with Crippen LogP contribution in [-0.4, -0.2) is 54.5 Å². The summed E-state index contributed by atoms with van der Waals surface area (Å²) in [6.45, 7) is 7.21. The first-order valence-corrected chi connectivity index (χ1v) is 14.3. The van der Waals surface area contributed by atoms with Crippen LogP contribution < -0.4 is 24.3 Å². The zero-order chi connectivity index (χ0) is 30.8. The Labute approximate surface area is 253 Å². The Morgan fingerprint density at radius 3 is 2.16 bits per heavy atom. The molecule has 0 saturated heterocycles. The quantitative estimate of drug-likeness (QED) is 0.205. The molecule has 43 heavy (non-hydrogen) atoms. The van der Waals surface area contributed by atoms with Gasteiger partial charge in [-0.25, -0.2) is 4.98 Å². The molecule has 0 unspecified atom stereocenters. The molecule has 0 saturated carbocycles. The van der Waals surface area contributed by atoms with Crippen LogP contribution >= 0.6 is 11.3 Å². The Kier molecular flexibility index (Phi) is 8.36. The smallest absolute Gasteiger partial charge is 0.264 e. The number of fused-ring (bicyclic) bond motifs is 1. The van der Waals surface area contributed by atoms with Crippen molar-refractivity contribution in [3.63, 3.8) is 0 Å². The van der Waals surface area contributed by atoms with Crippen molar-refractivity contribution < 1.29 is 28.5 Å². The van der Waals surface area contributed by atoms with Gasteiger partial charge in [-0.05, 0) is 73.9 Å². The van der Waals surface area contributed by atoms with Gasteiger partial charge in [-0.15, -0.1) is 0 Å². The second-order valence-corrected chi connectivity index (χ2v) is 11.0.